The first-order valence-electron chi connectivity index (χ1n) is 10.9. The van der Waals surface area contributed by atoms with Crippen LogP contribution in [0.5, 0.6) is 0 Å². The van der Waals surface area contributed by atoms with Crippen molar-refractivity contribution in [2.45, 2.75) is 12.8 Å². The number of anilines is 2. The number of imide groups is 1. The maximum absolute atomic E-state index is 12.5. The molecule has 0 bridgehead atoms. The van der Waals surface area contributed by atoms with E-state index >= 15 is 0 Å². The van der Waals surface area contributed by atoms with Crippen LogP contribution in [0.4, 0.5) is 16.2 Å². The van der Waals surface area contributed by atoms with Gasteiger partial charge in [0.1, 0.15) is 0 Å². The number of benzene rings is 2. The van der Waals surface area contributed by atoms with E-state index in [0.717, 1.165) is 4.90 Å². The molecule has 2 heterocycles. The highest BCUT2D eigenvalue weighted by atomic mass is 16.5. The van der Waals surface area contributed by atoms with Gasteiger partial charge in [0.15, 0.2) is 6.61 Å². The molecule has 2 fully saturated rings. The lowest BCUT2D eigenvalue weighted by Crippen LogP contribution is -2.52. The Kier molecular flexibility index (Phi) is 6.86. The van der Waals surface area contributed by atoms with E-state index in [1.54, 1.807) is 29.2 Å². The first kappa shape index (κ1) is 23.0. The molecule has 2 aliphatic rings. The lowest BCUT2D eigenvalue weighted by molar-refractivity contribution is -0.135. The van der Waals surface area contributed by atoms with Crippen molar-refractivity contribution >= 4 is 41.1 Å². The number of nitrogens with zero attached hydrogens (tertiary/aromatic N) is 3. The van der Waals surface area contributed by atoms with Crippen LogP contribution in [-0.4, -0.2) is 72.3 Å². The molecule has 34 heavy (non-hydrogen) atoms. The minimum atomic E-state index is -0.727. The molecule has 2 aromatic carbocycles. The summed E-state index contributed by atoms with van der Waals surface area (Å²) in [7, 11) is 0. The highest BCUT2D eigenvalue weighted by molar-refractivity contribution is 6.20. The fourth-order valence-corrected chi connectivity index (χ4v) is 3.82. The molecule has 176 valence electrons. The van der Waals surface area contributed by atoms with Gasteiger partial charge in [-0.05, 0) is 30.3 Å². The van der Waals surface area contributed by atoms with Gasteiger partial charge in [-0.3, -0.25) is 19.3 Å². The number of esters is 1. The molecular formula is C24H24N4O6. The Labute approximate surface area is 196 Å². The van der Waals surface area contributed by atoms with E-state index in [2.05, 4.69) is 5.32 Å². The fraction of sp³-hybridized carbons (Fsp3) is 0.292. The summed E-state index contributed by atoms with van der Waals surface area (Å²) < 4.78 is 5.16. The molecular weight excluding hydrogens is 440 g/mol. The summed E-state index contributed by atoms with van der Waals surface area (Å²) in [5.41, 5.74) is 1.14. The lowest BCUT2D eigenvalue weighted by atomic mass is 10.2. The minimum absolute atomic E-state index is 0.139. The van der Waals surface area contributed by atoms with Crippen molar-refractivity contribution < 1.29 is 28.7 Å². The Morgan fingerprint density at radius 1 is 0.824 bits per heavy atom. The molecule has 10 nitrogen and oxygen atoms in total. The van der Waals surface area contributed by atoms with Crippen molar-refractivity contribution in [2.75, 3.05) is 43.0 Å². The van der Waals surface area contributed by atoms with Gasteiger partial charge in [0.25, 0.3) is 5.91 Å². The van der Waals surface area contributed by atoms with Crippen LogP contribution in [0.1, 0.15) is 23.2 Å². The van der Waals surface area contributed by atoms with Gasteiger partial charge in [0, 0.05) is 44.7 Å². The zero-order valence-corrected chi connectivity index (χ0v) is 18.4. The summed E-state index contributed by atoms with van der Waals surface area (Å²) in [5.74, 6) is -1.72. The zero-order chi connectivity index (χ0) is 24.1. The fourth-order valence-electron chi connectivity index (χ4n) is 3.82. The monoisotopic (exact) mass is 464 g/mol. The molecule has 0 spiro atoms. The third-order valence-corrected chi connectivity index (χ3v) is 5.66. The van der Waals surface area contributed by atoms with Crippen molar-refractivity contribution in [1.82, 2.24) is 9.80 Å². The molecule has 0 saturated carbocycles. The average Bonchev–Trinajstić information content (AvgIpc) is 3.20. The van der Waals surface area contributed by atoms with Crippen LogP contribution in [0.15, 0.2) is 54.6 Å². The molecule has 10 heteroatoms. The average molecular weight is 464 g/mol. The molecule has 0 radical (unpaired) electrons. The highest BCUT2D eigenvalue weighted by Crippen LogP contribution is 2.23. The number of nitrogens with one attached hydrogen (secondary N) is 1. The number of amides is 5. The van der Waals surface area contributed by atoms with Crippen LogP contribution in [0.25, 0.3) is 0 Å². The van der Waals surface area contributed by atoms with E-state index in [4.69, 9.17) is 4.74 Å². The van der Waals surface area contributed by atoms with E-state index in [0.29, 0.717) is 37.6 Å². The topological polar surface area (TPSA) is 116 Å². The third kappa shape index (κ3) is 5.22. The second-order valence-corrected chi connectivity index (χ2v) is 7.91. The number of para-hydroxylation sites is 1. The van der Waals surface area contributed by atoms with Crippen LogP contribution in [-0.2, 0) is 19.1 Å². The van der Waals surface area contributed by atoms with Gasteiger partial charge in [0.05, 0.1) is 11.3 Å². The molecule has 0 aromatic heterocycles. The Balaban J connectivity index is 1.25. The standard InChI is InChI=1S/C24H24N4O6/c29-20-9-10-21(30)28(20)19-8-4-5-17(15-19)23(32)34-16-22(31)26-11-13-27(14-12-26)24(33)25-18-6-2-1-3-7-18/h1-8,15H,9-14,16H2,(H,25,33). The van der Waals surface area contributed by atoms with Gasteiger partial charge in [-0.1, -0.05) is 24.3 Å². The SMILES string of the molecule is O=C(OCC(=O)N1CCN(C(=O)Nc2ccccc2)CC1)c1cccc(N2C(=O)CCC2=O)c1. The van der Waals surface area contributed by atoms with E-state index in [1.807, 2.05) is 18.2 Å². The van der Waals surface area contributed by atoms with Crippen molar-refractivity contribution in [3.8, 4) is 0 Å². The molecule has 0 atom stereocenters. The van der Waals surface area contributed by atoms with E-state index in [1.165, 1.54) is 17.0 Å². The molecule has 4 rings (SSSR count). The molecule has 0 unspecified atom stereocenters. The minimum Gasteiger partial charge on any atom is -0.452 e. The van der Waals surface area contributed by atoms with Crippen LogP contribution in [0.2, 0.25) is 0 Å². The Bertz CT molecular complexity index is 1100. The Morgan fingerprint density at radius 2 is 1.47 bits per heavy atom. The molecule has 2 saturated heterocycles. The Hall–Kier alpha value is -4.21. The number of hydrogen-bond donors (Lipinski definition) is 1. The first-order chi connectivity index (χ1) is 16.4. The summed E-state index contributed by atoms with van der Waals surface area (Å²) in [4.78, 5) is 65.4. The second kappa shape index (κ2) is 10.2. The number of urea groups is 1. The summed E-state index contributed by atoms with van der Waals surface area (Å²) in [6.45, 7) is 0.929. The number of carbonyl (C=O) groups excluding carboxylic acids is 5. The first-order valence-corrected chi connectivity index (χ1v) is 10.9. The zero-order valence-electron chi connectivity index (χ0n) is 18.4. The van der Waals surface area contributed by atoms with Gasteiger partial charge in [-0.2, -0.15) is 0 Å². The van der Waals surface area contributed by atoms with Crippen LogP contribution in [0, 0.1) is 0 Å². The maximum Gasteiger partial charge on any atom is 0.338 e. The third-order valence-electron chi connectivity index (χ3n) is 5.66. The number of ether oxygens (including phenoxy) is 1. The maximum atomic E-state index is 12.5. The van der Waals surface area contributed by atoms with Crippen LogP contribution in [0.3, 0.4) is 0 Å². The Morgan fingerprint density at radius 3 is 2.15 bits per heavy atom. The number of carbonyl (C=O) groups is 5. The summed E-state index contributed by atoms with van der Waals surface area (Å²) >= 11 is 0. The smallest absolute Gasteiger partial charge is 0.338 e. The van der Waals surface area contributed by atoms with Crippen molar-refractivity contribution in [1.29, 1.82) is 0 Å². The van der Waals surface area contributed by atoms with Crippen LogP contribution < -0.4 is 10.2 Å². The number of piperazine rings is 1. The summed E-state index contributed by atoms with van der Waals surface area (Å²) in [5, 5.41) is 2.81. The predicted octanol–water partition coefficient (Wildman–Crippen LogP) is 1.87. The van der Waals surface area contributed by atoms with Crippen molar-refractivity contribution in [3.05, 3.63) is 60.2 Å². The van der Waals surface area contributed by atoms with Crippen molar-refractivity contribution in [2.24, 2.45) is 0 Å². The van der Waals surface area contributed by atoms with Gasteiger partial charge < -0.3 is 19.9 Å². The summed E-state index contributed by atoms with van der Waals surface area (Å²) in [6, 6.07) is 14.9. The summed E-state index contributed by atoms with van der Waals surface area (Å²) in [6.07, 6.45) is 0.284. The molecule has 1 N–H and O–H groups in total. The normalized spacial score (nSPS) is 15.9. The quantitative estimate of drug-likeness (QED) is 0.534. The molecule has 5 amide bonds. The van der Waals surface area contributed by atoms with Gasteiger partial charge in [-0.25, -0.2) is 9.59 Å². The second-order valence-electron chi connectivity index (χ2n) is 7.91. The molecule has 0 aliphatic carbocycles. The molecule has 2 aliphatic heterocycles. The predicted molar refractivity (Wildman–Crippen MR) is 122 cm³/mol. The van der Waals surface area contributed by atoms with Crippen molar-refractivity contribution in [3.63, 3.8) is 0 Å². The molecule has 2 aromatic rings. The van der Waals surface area contributed by atoms with Gasteiger partial charge >= 0.3 is 12.0 Å². The number of rotatable bonds is 5. The lowest BCUT2D eigenvalue weighted by Gasteiger charge is -2.34. The van der Waals surface area contributed by atoms with E-state index in [9.17, 15) is 24.0 Å². The highest BCUT2D eigenvalue weighted by Gasteiger charge is 2.31. The van der Waals surface area contributed by atoms with E-state index < -0.39 is 12.6 Å². The largest absolute Gasteiger partial charge is 0.452 e. The van der Waals surface area contributed by atoms with Gasteiger partial charge in [-0.15, -0.1) is 0 Å². The number of hydrogen-bond acceptors (Lipinski definition) is 6. The van der Waals surface area contributed by atoms with Gasteiger partial charge in [0.2, 0.25) is 11.8 Å². The van der Waals surface area contributed by atoms with E-state index in [-0.39, 0.29) is 42.2 Å². The van der Waals surface area contributed by atoms with Crippen LogP contribution >= 0.6 is 0 Å².